The van der Waals surface area contributed by atoms with E-state index in [4.69, 9.17) is 6.57 Å². The Kier molecular flexibility index (Phi) is 14.2. The van der Waals surface area contributed by atoms with Crippen LogP contribution in [-0.4, -0.2) is 9.13 Å². The number of nitrogens with zero attached hydrogens (tertiary/aromatic N) is 4. The lowest BCUT2D eigenvalue weighted by atomic mass is 9.93. The van der Waals surface area contributed by atoms with Gasteiger partial charge in [0.25, 0.3) is 0 Å². The van der Waals surface area contributed by atoms with Crippen LogP contribution in [0, 0.1) is 45.6 Å². The van der Waals surface area contributed by atoms with Crippen LogP contribution in [0.3, 0.4) is 0 Å². The molecule has 0 bridgehead atoms. The largest absolute Gasteiger partial charge is 0.416 e. The maximum Gasteiger partial charge on any atom is 0.416 e. The molecule has 90 heavy (non-hydrogen) atoms. The number of aromatic nitrogens is 2. The maximum atomic E-state index is 15.9. The van der Waals surface area contributed by atoms with Gasteiger partial charge >= 0.3 is 30.9 Å². The molecule has 0 radical (unpaired) electrons. The highest BCUT2D eigenvalue weighted by Crippen LogP contribution is 2.50. The average molecular weight is 1240 g/mol. The van der Waals surface area contributed by atoms with Crippen molar-refractivity contribution in [3.8, 4) is 73.1 Å². The molecule has 0 aliphatic heterocycles. The number of alkyl halides is 15. The van der Waals surface area contributed by atoms with Gasteiger partial charge in [-0.3, -0.25) is 0 Å². The highest BCUT2D eigenvalue weighted by molar-refractivity contribution is 6.14. The van der Waals surface area contributed by atoms with E-state index in [0.717, 1.165) is 66.7 Å². The Morgan fingerprint density at radius 1 is 0.356 bits per heavy atom. The Bertz CT molecular complexity index is 4830. The van der Waals surface area contributed by atoms with Crippen molar-refractivity contribution in [2.24, 2.45) is 0 Å². The summed E-state index contributed by atoms with van der Waals surface area (Å²) in [6, 6.07) is 39.3. The molecule has 10 aromatic carbocycles. The van der Waals surface area contributed by atoms with Gasteiger partial charge in [-0.05, 0) is 185 Å². The van der Waals surface area contributed by atoms with E-state index < -0.39 is 75.5 Å². The second kappa shape index (κ2) is 21.2. The molecule has 0 saturated carbocycles. The predicted molar refractivity (Wildman–Crippen MR) is 317 cm³/mol. The molecule has 450 valence electrons. The summed E-state index contributed by atoms with van der Waals surface area (Å²) in [5.41, 5.74) is -5.27. The molecule has 12 rings (SSSR count). The van der Waals surface area contributed by atoms with Gasteiger partial charge < -0.3 is 9.13 Å². The van der Waals surface area contributed by atoms with Crippen molar-refractivity contribution in [1.29, 1.82) is 5.26 Å². The van der Waals surface area contributed by atoms with E-state index in [9.17, 15) is 57.9 Å². The molecule has 0 unspecified atom stereocenters. The SMILES string of the molecule is [C-]#[N+]c1cccc(C(F)(F)F)c1-c1cc(-n2c3cc(-c4cc(C)cc(C(F)(F)F)c4)ccc3c3ccc(-c4cc(C)cc(C(F)(F)F)c4)cc32)c(C#N)cc1-n1c2cc(-c3cc(C)cc(C(F)(F)F)c3)ccc2c2ccc(-c3cc(C)cc(C(F)(F)F)c3)cc21. The van der Waals surface area contributed by atoms with Gasteiger partial charge in [0.2, 0.25) is 0 Å². The molecule has 0 N–H and O–H groups in total. The first-order chi connectivity index (χ1) is 42.3. The number of hydrogen-bond acceptors (Lipinski definition) is 1. The predicted octanol–water partition coefficient (Wildman–Crippen LogP) is 23.0. The fourth-order valence-corrected chi connectivity index (χ4v) is 12.1. The van der Waals surface area contributed by atoms with Crippen LogP contribution in [0.25, 0.3) is 115 Å². The van der Waals surface area contributed by atoms with Crippen molar-refractivity contribution in [1.82, 2.24) is 9.13 Å². The lowest BCUT2D eigenvalue weighted by molar-refractivity contribution is -0.138. The first-order valence-electron chi connectivity index (χ1n) is 27.4. The van der Waals surface area contributed by atoms with Gasteiger partial charge in [0, 0.05) is 27.1 Å². The number of nitriles is 1. The molecular weight excluding hydrogens is 1190 g/mol. The fraction of sp³-hybridized carbons (Fsp3) is 0.127. The highest BCUT2D eigenvalue weighted by atomic mass is 19.4. The third-order valence-electron chi connectivity index (χ3n) is 15.9. The Morgan fingerprint density at radius 2 is 0.678 bits per heavy atom. The summed E-state index contributed by atoms with van der Waals surface area (Å²) in [4.78, 5) is 3.56. The highest BCUT2D eigenvalue weighted by Gasteiger charge is 2.38. The second-order valence-electron chi connectivity index (χ2n) is 22.2. The average Bonchev–Trinajstić information content (AvgIpc) is 1.53. The lowest BCUT2D eigenvalue weighted by Gasteiger charge is -2.22. The van der Waals surface area contributed by atoms with Crippen LogP contribution in [0.15, 0.2) is 176 Å². The van der Waals surface area contributed by atoms with Crippen LogP contribution in [0.2, 0.25) is 0 Å². The van der Waals surface area contributed by atoms with E-state index in [1.807, 2.05) is 0 Å². The van der Waals surface area contributed by atoms with E-state index in [0.29, 0.717) is 21.5 Å². The van der Waals surface area contributed by atoms with Crippen molar-refractivity contribution in [3.63, 3.8) is 0 Å². The van der Waals surface area contributed by atoms with Crippen molar-refractivity contribution in [2.45, 2.75) is 58.6 Å². The molecule has 0 amide bonds. The van der Waals surface area contributed by atoms with E-state index >= 15 is 13.2 Å². The van der Waals surface area contributed by atoms with Gasteiger partial charge in [-0.2, -0.15) is 71.1 Å². The summed E-state index contributed by atoms with van der Waals surface area (Å²) in [5.74, 6) is 0. The van der Waals surface area contributed by atoms with Gasteiger partial charge in [0.05, 0.1) is 73.4 Å². The van der Waals surface area contributed by atoms with Crippen molar-refractivity contribution < 1.29 is 65.9 Å². The smallest absolute Gasteiger partial charge is 0.309 e. The Morgan fingerprint density at radius 3 is 0.967 bits per heavy atom. The quantitative estimate of drug-likeness (QED) is 0.116. The Labute approximate surface area is 502 Å². The number of benzene rings is 10. The minimum Gasteiger partial charge on any atom is -0.309 e. The topological polar surface area (TPSA) is 38.0 Å². The molecule has 0 aliphatic carbocycles. The zero-order valence-corrected chi connectivity index (χ0v) is 47.2. The number of aryl methyl sites for hydroxylation is 4. The van der Waals surface area contributed by atoms with Gasteiger partial charge in [-0.15, -0.1) is 0 Å². The minimum atomic E-state index is -5.23. The Hall–Kier alpha value is -10.3. The molecule has 19 heteroatoms. The maximum absolute atomic E-state index is 15.9. The summed E-state index contributed by atoms with van der Waals surface area (Å²) >= 11 is 0. The number of rotatable bonds is 7. The first kappa shape index (κ1) is 60.0. The van der Waals surface area contributed by atoms with E-state index in [1.165, 1.54) is 110 Å². The number of hydrogen-bond donors (Lipinski definition) is 0. The van der Waals surface area contributed by atoms with Crippen LogP contribution in [0.1, 0.15) is 55.6 Å². The van der Waals surface area contributed by atoms with Crippen LogP contribution >= 0.6 is 0 Å². The second-order valence-corrected chi connectivity index (χ2v) is 22.2. The van der Waals surface area contributed by atoms with Crippen LogP contribution in [0.4, 0.5) is 71.5 Å². The molecule has 0 spiro atoms. The third-order valence-corrected chi connectivity index (χ3v) is 15.9. The van der Waals surface area contributed by atoms with Crippen molar-refractivity contribution in [3.05, 3.63) is 243 Å². The first-order valence-corrected chi connectivity index (χ1v) is 27.4. The van der Waals surface area contributed by atoms with Crippen LogP contribution in [0.5, 0.6) is 0 Å². The molecule has 0 saturated heterocycles. The van der Waals surface area contributed by atoms with E-state index in [1.54, 1.807) is 36.4 Å². The lowest BCUT2D eigenvalue weighted by Crippen LogP contribution is -2.10. The van der Waals surface area contributed by atoms with Crippen molar-refractivity contribution >= 4 is 49.3 Å². The van der Waals surface area contributed by atoms with Gasteiger partial charge in [-0.1, -0.05) is 91.0 Å². The molecule has 12 aromatic rings. The zero-order chi connectivity index (χ0) is 64.5. The minimum absolute atomic E-state index is 0.0674. The van der Waals surface area contributed by atoms with Gasteiger partial charge in [0.1, 0.15) is 6.07 Å². The van der Waals surface area contributed by atoms with Crippen LogP contribution in [-0.2, 0) is 30.9 Å². The molecule has 4 nitrogen and oxygen atoms in total. The van der Waals surface area contributed by atoms with Crippen molar-refractivity contribution in [2.75, 3.05) is 0 Å². The van der Waals surface area contributed by atoms with Crippen LogP contribution < -0.4 is 0 Å². The van der Waals surface area contributed by atoms with E-state index in [2.05, 4.69) is 10.9 Å². The molecule has 2 heterocycles. The normalized spacial score (nSPS) is 12.6. The summed E-state index contributed by atoms with van der Waals surface area (Å²) in [6.07, 6.45) is -24.4. The Balaban J connectivity index is 1.25. The van der Waals surface area contributed by atoms with Gasteiger partial charge in [-0.25, -0.2) is 4.85 Å². The molecule has 0 atom stereocenters. The molecular formula is C71H41F15N4. The molecule has 2 aromatic heterocycles. The standard InChI is InChI=1S/C71H41F15N4/c1-36-17-44(25-49(21-36)67(72,73)74)40-9-13-53-54-14-10-41(45-18-37(2)22-50(26-45)68(75,76)77)30-62(54)89(61(53)29-40)60-34-57(66-58(71(84,85)86)7-6-8-59(66)88-5)65(33-48(60)35-87)90-63-31-42(46-19-38(3)23-51(27-46)69(78,79)80)11-15-55(63)56-16-12-43(32-64(56)90)47-20-39(4)24-52(28-47)70(81,82)83/h6-34H,1-4H3. The fourth-order valence-electron chi connectivity index (χ4n) is 12.1. The van der Waals surface area contributed by atoms with E-state index in [-0.39, 0.29) is 106 Å². The summed E-state index contributed by atoms with van der Waals surface area (Å²) in [5, 5.41) is 13.0. The third kappa shape index (κ3) is 10.8. The monoisotopic (exact) mass is 1230 g/mol. The number of halogens is 15. The molecule has 0 fully saturated rings. The molecule has 0 aliphatic rings. The van der Waals surface area contributed by atoms with Gasteiger partial charge in [0.15, 0.2) is 5.69 Å². The summed E-state index contributed by atoms with van der Waals surface area (Å²) in [7, 11) is 0. The summed E-state index contributed by atoms with van der Waals surface area (Å²) in [6.45, 7) is 14.2. The zero-order valence-electron chi connectivity index (χ0n) is 47.2. The summed E-state index contributed by atoms with van der Waals surface area (Å²) < 4.78 is 224. The number of fused-ring (bicyclic) bond motifs is 6.